The maximum absolute atomic E-state index is 12.3. The van der Waals surface area contributed by atoms with Crippen molar-refractivity contribution >= 4 is 40.5 Å². The Balaban J connectivity index is 2.04. The second-order valence-electron chi connectivity index (χ2n) is 7.00. The minimum atomic E-state index is -0.582. The summed E-state index contributed by atoms with van der Waals surface area (Å²) in [4.78, 5) is 34.7. The molecule has 0 saturated carbocycles. The molecule has 146 valence electrons. The average Bonchev–Trinajstić information content (AvgIpc) is 2.60. The highest BCUT2D eigenvalue weighted by atomic mass is 32.1. The van der Waals surface area contributed by atoms with Gasteiger partial charge in [-0.25, -0.2) is 0 Å². The van der Waals surface area contributed by atoms with Crippen LogP contribution in [-0.2, 0) is 0 Å². The van der Waals surface area contributed by atoms with Crippen LogP contribution in [0.5, 0.6) is 0 Å². The van der Waals surface area contributed by atoms with Crippen molar-refractivity contribution in [3.8, 4) is 0 Å². The van der Waals surface area contributed by atoms with Gasteiger partial charge in [-0.2, -0.15) is 0 Å². The maximum atomic E-state index is 12.3. The lowest BCUT2D eigenvalue weighted by atomic mass is 10.1. The van der Waals surface area contributed by atoms with E-state index in [1.807, 2.05) is 20.8 Å². The van der Waals surface area contributed by atoms with Crippen LogP contribution in [0.3, 0.4) is 0 Å². The fraction of sp³-hybridized carbons (Fsp3) is 0.211. The average molecular weight is 400 g/mol. The first-order valence-electron chi connectivity index (χ1n) is 8.34. The first-order chi connectivity index (χ1) is 13.0. The van der Waals surface area contributed by atoms with Crippen LogP contribution in [-0.4, -0.2) is 27.4 Å². The lowest BCUT2D eigenvalue weighted by Gasteiger charge is -2.20. The SMILES string of the molecule is CC(C)(C)NC(=O)c1cccc(NC(=S)NC(=O)c2cccc([N+](=O)[O-])c2)c1. The summed E-state index contributed by atoms with van der Waals surface area (Å²) in [7, 11) is 0. The van der Waals surface area contributed by atoms with Crippen molar-refractivity contribution in [2.45, 2.75) is 26.3 Å². The van der Waals surface area contributed by atoms with Crippen molar-refractivity contribution in [3.63, 3.8) is 0 Å². The van der Waals surface area contributed by atoms with E-state index in [9.17, 15) is 19.7 Å². The molecule has 0 heterocycles. The van der Waals surface area contributed by atoms with Gasteiger partial charge in [-0.3, -0.25) is 25.0 Å². The van der Waals surface area contributed by atoms with Gasteiger partial charge in [0, 0.05) is 34.5 Å². The summed E-state index contributed by atoms with van der Waals surface area (Å²) in [6.07, 6.45) is 0. The van der Waals surface area contributed by atoms with E-state index >= 15 is 0 Å². The number of nitrogens with one attached hydrogen (secondary N) is 3. The number of carbonyl (C=O) groups is 2. The Labute approximate surface area is 167 Å². The van der Waals surface area contributed by atoms with Crippen LogP contribution in [0.1, 0.15) is 41.5 Å². The number of hydrogen-bond acceptors (Lipinski definition) is 5. The van der Waals surface area contributed by atoms with E-state index in [1.165, 1.54) is 18.2 Å². The van der Waals surface area contributed by atoms with Crippen molar-refractivity contribution < 1.29 is 14.5 Å². The Kier molecular flexibility index (Phi) is 6.42. The van der Waals surface area contributed by atoms with Crippen molar-refractivity contribution in [1.82, 2.24) is 10.6 Å². The molecule has 2 aromatic rings. The summed E-state index contributed by atoms with van der Waals surface area (Å²) in [6, 6.07) is 12.0. The molecule has 0 saturated heterocycles. The normalized spacial score (nSPS) is 10.7. The molecule has 0 aliphatic heterocycles. The summed E-state index contributed by atoms with van der Waals surface area (Å²) in [5.41, 5.74) is 0.501. The van der Waals surface area contributed by atoms with E-state index < -0.39 is 10.8 Å². The van der Waals surface area contributed by atoms with E-state index in [0.717, 1.165) is 6.07 Å². The molecule has 0 aliphatic rings. The number of nitro benzene ring substituents is 1. The molecule has 9 heteroatoms. The predicted molar refractivity (Wildman–Crippen MR) is 110 cm³/mol. The van der Waals surface area contributed by atoms with Crippen molar-refractivity contribution in [3.05, 3.63) is 69.8 Å². The molecule has 3 N–H and O–H groups in total. The number of thiocarbonyl (C=S) groups is 1. The van der Waals surface area contributed by atoms with Crippen LogP contribution < -0.4 is 16.0 Å². The van der Waals surface area contributed by atoms with E-state index in [0.29, 0.717) is 11.3 Å². The Morgan fingerprint density at radius 3 is 2.21 bits per heavy atom. The van der Waals surface area contributed by atoms with Crippen LogP contribution in [0, 0.1) is 10.1 Å². The Morgan fingerprint density at radius 2 is 1.61 bits per heavy atom. The van der Waals surface area contributed by atoms with Crippen molar-refractivity contribution in [2.75, 3.05) is 5.32 Å². The number of amides is 2. The third kappa shape index (κ3) is 6.13. The van der Waals surface area contributed by atoms with Gasteiger partial charge >= 0.3 is 0 Å². The molecule has 0 aliphatic carbocycles. The highest BCUT2D eigenvalue weighted by molar-refractivity contribution is 7.80. The zero-order chi connectivity index (χ0) is 20.9. The van der Waals surface area contributed by atoms with E-state index in [-0.39, 0.29) is 27.8 Å². The second kappa shape index (κ2) is 8.57. The lowest BCUT2D eigenvalue weighted by Crippen LogP contribution is -2.40. The molecule has 0 spiro atoms. The first-order valence-corrected chi connectivity index (χ1v) is 8.75. The maximum Gasteiger partial charge on any atom is 0.270 e. The molecule has 2 aromatic carbocycles. The minimum absolute atomic E-state index is 0.00452. The van der Waals surface area contributed by atoms with E-state index in [4.69, 9.17) is 12.2 Å². The first kappa shape index (κ1) is 21.0. The summed E-state index contributed by atoms with van der Waals surface area (Å²) in [6.45, 7) is 5.64. The van der Waals surface area contributed by atoms with Gasteiger partial charge in [0.15, 0.2) is 5.11 Å². The molecule has 0 radical (unpaired) electrons. The molecule has 0 bridgehead atoms. The number of nitrogens with zero attached hydrogens (tertiary/aromatic N) is 1. The number of non-ortho nitro benzene ring substituents is 1. The van der Waals surface area contributed by atoms with Crippen LogP contribution in [0.2, 0.25) is 0 Å². The topological polar surface area (TPSA) is 113 Å². The fourth-order valence-corrected chi connectivity index (χ4v) is 2.46. The predicted octanol–water partition coefficient (Wildman–Crippen LogP) is 3.25. The van der Waals surface area contributed by atoms with Crippen LogP contribution in [0.4, 0.5) is 11.4 Å². The molecule has 0 unspecified atom stereocenters. The quantitative estimate of drug-likeness (QED) is 0.412. The lowest BCUT2D eigenvalue weighted by molar-refractivity contribution is -0.384. The largest absolute Gasteiger partial charge is 0.347 e. The second-order valence-corrected chi connectivity index (χ2v) is 7.41. The smallest absolute Gasteiger partial charge is 0.270 e. The van der Waals surface area contributed by atoms with E-state index in [2.05, 4.69) is 16.0 Å². The zero-order valence-corrected chi connectivity index (χ0v) is 16.4. The molecule has 0 fully saturated rings. The van der Waals surface area contributed by atoms with Crippen molar-refractivity contribution in [2.24, 2.45) is 0 Å². The Morgan fingerprint density at radius 1 is 1.00 bits per heavy atom. The highest BCUT2D eigenvalue weighted by Gasteiger charge is 2.16. The number of hydrogen-bond donors (Lipinski definition) is 3. The monoisotopic (exact) mass is 400 g/mol. The number of benzene rings is 2. The standard InChI is InChI=1S/C19H20N4O4S/c1-19(2,3)22-17(25)12-6-4-8-14(10-12)20-18(28)21-16(24)13-7-5-9-15(11-13)23(26)27/h4-11H,1-3H3,(H,22,25)(H2,20,21,24,28). The Bertz CT molecular complexity index is 938. The van der Waals surface area contributed by atoms with E-state index in [1.54, 1.807) is 24.3 Å². The molecule has 2 rings (SSSR count). The molecule has 0 aromatic heterocycles. The van der Waals surface area contributed by atoms with Gasteiger partial charge in [0.25, 0.3) is 17.5 Å². The minimum Gasteiger partial charge on any atom is -0.347 e. The summed E-state index contributed by atoms with van der Waals surface area (Å²) in [5, 5.41) is 19.0. The Hall–Kier alpha value is -3.33. The van der Waals surface area contributed by atoms with Crippen LogP contribution >= 0.6 is 12.2 Å². The number of anilines is 1. The molecular formula is C19H20N4O4S. The fourth-order valence-electron chi connectivity index (χ4n) is 2.25. The van der Waals surface area contributed by atoms with Gasteiger partial charge in [0.05, 0.1) is 4.92 Å². The van der Waals surface area contributed by atoms with Crippen LogP contribution in [0.15, 0.2) is 48.5 Å². The van der Waals surface area contributed by atoms with Gasteiger partial charge < -0.3 is 10.6 Å². The molecule has 0 atom stereocenters. The summed E-state index contributed by atoms with van der Waals surface area (Å²) in [5.74, 6) is -0.814. The van der Waals surface area contributed by atoms with Gasteiger partial charge in [-0.15, -0.1) is 0 Å². The molecule has 28 heavy (non-hydrogen) atoms. The number of nitro groups is 1. The zero-order valence-electron chi connectivity index (χ0n) is 15.6. The van der Waals surface area contributed by atoms with Crippen LogP contribution in [0.25, 0.3) is 0 Å². The van der Waals surface area contributed by atoms with Crippen molar-refractivity contribution in [1.29, 1.82) is 0 Å². The third-order valence-electron chi connectivity index (χ3n) is 3.42. The number of carbonyl (C=O) groups excluding carboxylic acids is 2. The third-order valence-corrected chi connectivity index (χ3v) is 3.62. The summed E-state index contributed by atoms with van der Waals surface area (Å²) >= 11 is 5.12. The van der Waals surface area contributed by atoms with Gasteiger partial charge in [-0.1, -0.05) is 12.1 Å². The van der Waals surface area contributed by atoms with Gasteiger partial charge in [0.2, 0.25) is 0 Å². The molecular weight excluding hydrogens is 380 g/mol. The molecule has 2 amide bonds. The summed E-state index contributed by atoms with van der Waals surface area (Å²) < 4.78 is 0. The molecule has 8 nitrogen and oxygen atoms in total. The van der Waals surface area contributed by atoms with Gasteiger partial charge in [0.1, 0.15) is 0 Å². The van der Waals surface area contributed by atoms with Gasteiger partial charge in [-0.05, 0) is 57.3 Å². The highest BCUT2D eigenvalue weighted by Crippen LogP contribution is 2.14. The number of rotatable bonds is 4.